The van der Waals surface area contributed by atoms with Crippen LogP contribution >= 0.6 is 0 Å². The van der Waals surface area contributed by atoms with Crippen molar-refractivity contribution in [2.45, 2.75) is 53.1 Å². The summed E-state index contributed by atoms with van der Waals surface area (Å²) in [6.45, 7) is 9.84. The summed E-state index contributed by atoms with van der Waals surface area (Å²) in [5, 5.41) is 3.67. The van der Waals surface area contributed by atoms with E-state index in [1.54, 1.807) is 0 Å². The maximum Gasteiger partial charge on any atom is 0.0213 e. The van der Waals surface area contributed by atoms with Gasteiger partial charge in [0.05, 0.1) is 0 Å². The van der Waals surface area contributed by atoms with E-state index in [1.165, 1.54) is 34.2 Å². The molecule has 0 aliphatic heterocycles. The Kier molecular flexibility index (Phi) is 5.58. The van der Waals surface area contributed by atoms with E-state index in [2.05, 4.69) is 75.5 Å². The molecule has 0 heterocycles. The summed E-state index contributed by atoms with van der Waals surface area (Å²) >= 11 is 0. The van der Waals surface area contributed by atoms with Gasteiger partial charge in [0.1, 0.15) is 0 Å². The van der Waals surface area contributed by atoms with Gasteiger partial charge in [-0.05, 0) is 62.8 Å². The second-order valence-corrected chi connectivity index (χ2v) is 6.18. The molecular weight excluding hydrogens is 254 g/mol. The fourth-order valence-corrected chi connectivity index (χ4v) is 2.89. The monoisotopic (exact) mass is 281 g/mol. The molecule has 0 amide bonds. The van der Waals surface area contributed by atoms with Gasteiger partial charge in [-0.15, -0.1) is 0 Å². The Bertz CT molecular complexity index is 549. The smallest absolute Gasteiger partial charge is 0.0213 e. The molecule has 0 fully saturated rings. The fourth-order valence-electron chi connectivity index (χ4n) is 2.89. The first-order chi connectivity index (χ1) is 10.1. The molecule has 1 atom stereocenters. The third-order valence-electron chi connectivity index (χ3n) is 4.18. The lowest BCUT2D eigenvalue weighted by Crippen LogP contribution is -2.26. The maximum absolute atomic E-state index is 3.67. The summed E-state index contributed by atoms with van der Waals surface area (Å²) in [5.41, 5.74) is 7.03. The second-order valence-electron chi connectivity index (χ2n) is 6.18. The first-order valence-corrected chi connectivity index (χ1v) is 7.90. The minimum Gasteiger partial charge on any atom is -0.310 e. The van der Waals surface area contributed by atoms with Gasteiger partial charge in [0.25, 0.3) is 0 Å². The summed E-state index contributed by atoms with van der Waals surface area (Å²) in [6.07, 6.45) is 2.31. The molecule has 0 bridgehead atoms. The molecule has 1 nitrogen and oxygen atoms in total. The van der Waals surface area contributed by atoms with Gasteiger partial charge in [-0.2, -0.15) is 0 Å². The average Bonchev–Trinajstić information content (AvgIpc) is 2.45. The Balaban J connectivity index is 1.85. The van der Waals surface area contributed by atoms with Gasteiger partial charge in [0.15, 0.2) is 0 Å². The van der Waals surface area contributed by atoms with Crippen LogP contribution in [0.15, 0.2) is 42.5 Å². The number of benzene rings is 2. The van der Waals surface area contributed by atoms with E-state index in [1.807, 2.05) is 0 Å². The molecule has 1 heteroatoms. The van der Waals surface area contributed by atoms with Gasteiger partial charge < -0.3 is 5.32 Å². The first kappa shape index (κ1) is 15.8. The van der Waals surface area contributed by atoms with E-state index in [4.69, 9.17) is 0 Å². The highest BCUT2D eigenvalue weighted by atomic mass is 14.9. The topological polar surface area (TPSA) is 12.0 Å². The fraction of sp³-hybridized carbons (Fsp3) is 0.400. The Morgan fingerprint density at radius 2 is 1.57 bits per heavy atom. The molecule has 2 aromatic carbocycles. The Labute approximate surface area is 129 Å². The summed E-state index contributed by atoms with van der Waals surface area (Å²) < 4.78 is 0. The van der Waals surface area contributed by atoms with Crippen molar-refractivity contribution in [3.05, 3.63) is 70.3 Å². The Hall–Kier alpha value is -1.60. The zero-order chi connectivity index (χ0) is 15.2. The van der Waals surface area contributed by atoms with E-state index in [0.717, 1.165) is 13.0 Å². The van der Waals surface area contributed by atoms with Gasteiger partial charge in [-0.25, -0.2) is 0 Å². The highest BCUT2D eigenvalue weighted by Crippen LogP contribution is 2.16. The zero-order valence-electron chi connectivity index (χ0n) is 13.7. The van der Waals surface area contributed by atoms with E-state index >= 15 is 0 Å². The normalized spacial score (nSPS) is 12.4. The van der Waals surface area contributed by atoms with Crippen LogP contribution in [0, 0.1) is 20.8 Å². The van der Waals surface area contributed by atoms with E-state index < -0.39 is 0 Å². The summed E-state index contributed by atoms with van der Waals surface area (Å²) in [6, 6.07) is 15.8. The molecule has 0 spiro atoms. The van der Waals surface area contributed by atoms with E-state index in [-0.39, 0.29) is 0 Å². The van der Waals surface area contributed by atoms with Crippen molar-refractivity contribution in [2.75, 3.05) is 0 Å². The minimum absolute atomic E-state index is 0.533. The standard InChI is InChI=1S/C20H27N/c1-15-12-16(2)20(17(3)13-15)14-21-18(4)10-11-19-8-6-5-7-9-19/h5-9,12-13,18,21H,10-11,14H2,1-4H3. The van der Waals surface area contributed by atoms with Crippen molar-refractivity contribution in [1.29, 1.82) is 0 Å². The van der Waals surface area contributed by atoms with Crippen LogP contribution in [0.5, 0.6) is 0 Å². The van der Waals surface area contributed by atoms with Crippen LogP contribution in [0.4, 0.5) is 0 Å². The van der Waals surface area contributed by atoms with Crippen molar-refractivity contribution in [2.24, 2.45) is 0 Å². The van der Waals surface area contributed by atoms with Crippen molar-refractivity contribution in [3.63, 3.8) is 0 Å². The highest BCUT2D eigenvalue weighted by molar-refractivity contribution is 5.37. The molecule has 0 aromatic heterocycles. The summed E-state index contributed by atoms with van der Waals surface area (Å²) in [5.74, 6) is 0. The Morgan fingerprint density at radius 1 is 0.952 bits per heavy atom. The summed E-state index contributed by atoms with van der Waals surface area (Å²) in [7, 11) is 0. The van der Waals surface area contributed by atoms with Gasteiger partial charge in [0.2, 0.25) is 0 Å². The van der Waals surface area contributed by atoms with Crippen LogP contribution in [0.1, 0.15) is 41.2 Å². The number of nitrogens with one attached hydrogen (secondary N) is 1. The first-order valence-electron chi connectivity index (χ1n) is 7.90. The predicted molar refractivity (Wildman–Crippen MR) is 91.7 cm³/mol. The predicted octanol–water partition coefficient (Wildman–Crippen LogP) is 4.72. The number of rotatable bonds is 6. The van der Waals surface area contributed by atoms with Crippen LogP contribution in [-0.4, -0.2) is 6.04 Å². The van der Waals surface area contributed by atoms with Crippen LogP contribution in [0.3, 0.4) is 0 Å². The SMILES string of the molecule is Cc1cc(C)c(CNC(C)CCc2ccccc2)c(C)c1. The molecule has 112 valence electrons. The molecule has 21 heavy (non-hydrogen) atoms. The van der Waals surface area contributed by atoms with Crippen LogP contribution in [0.25, 0.3) is 0 Å². The average molecular weight is 281 g/mol. The third-order valence-corrected chi connectivity index (χ3v) is 4.18. The van der Waals surface area contributed by atoms with Gasteiger partial charge in [-0.3, -0.25) is 0 Å². The maximum atomic E-state index is 3.67. The Morgan fingerprint density at radius 3 is 2.19 bits per heavy atom. The molecule has 0 radical (unpaired) electrons. The molecule has 2 rings (SSSR count). The molecule has 0 saturated carbocycles. The molecule has 0 saturated heterocycles. The lowest BCUT2D eigenvalue weighted by molar-refractivity contribution is 0.512. The largest absolute Gasteiger partial charge is 0.310 e. The molecule has 1 unspecified atom stereocenters. The zero-order valence-corrected chi connectivity index (χ0v) is 13.7. The quantitative estimate of drug-likeness (QED) is 0.807. The lowest BCUT2D eigenvalue weighted by Gasteiger charge is -2.17. The van der Waals surface area contributed by atoms with Crippen molar-refractivity contribution in [3.8, 4) is 0 Å². The second kappa shape index (κ2) is 7.42. The number of hydrogen-bond donors (Lipinski definition) is 1. The van der Waals surface area contributed by atoms with Crippen molar-refractivity contribution >= 4 is 0 Å². The third kappa shape index (κ3) is 4.71. The summed E-state index contributed by atoms with van der Waals surface area (Å²) in [4.78, 5) is 0. The lowest BCUT2D eigenvalue weighted by atomic mass is 9.99. The van der Waals surface area contributed by atoms with E-state index in [9.17, 15) is 0 Å². The molecule has 0 aliphatic rings. The minimum atomic E-state index is 0.533. The van der Waals surface area contributed by atoms with Gasteiger partial charge >= 0.3 is 0 Å². The number of hydrogen-bond acceptors (Lipinski definition) is 1. The molecule has 1 N–H and O–H groups in total. The number of aryl methyl sites for hydroxylation is 4. The van der Waals surface area contributed by atoms with E-state index in [0.29, 0.717) is 6.04 Å². The van der Waals surface area contributed by atoms with Crippen LogP contribution < -0.4 is 5.32 Å². The molecule has 2 aromatic rings. The molecular formula is C20H27N. The van der Waals surface area contributed by atoms with Crippen LogP contribution in [-0.2, 0) is 13.0 Å². The van der Waals surface area contributed by atoms with Gasteiger partial charge in [0, 0.05) is 12.6 Å². The van der Waals surface area contributed by atoms with Crippen molar-refractivity contribution in [1.82, 2.24) is 5.32 Å². The van der Waals surface area contributed by atoms with Gasteiger partial charge in [-0.1, -0.05) is 48.0 Å². The van der Waals surface area contributed by atoms with Crippen LogP contribution in [0.2, 0.25) is 0 Å². The van der Waals surface area contributed by atoms with Crippen molar-refractivity contribution < 1.29 is 0 Å². The highest BCUT2D eigenvalue weighted by Gasteiger charge is 2.06. The molecule has 0 aliphatic carbocycles.